The first-order valence-electron chi connectivity index (χ1n) is 8.37. The average Bonchev–Trinajstić information content (AvgIpc) is 2.57. The number of carbonyl (C=O) groups is 2. The van der Waals surface area contributed by atoms with E-state index in [-0.39, 0.29) is 11.8 Å². The van der Waals surface area contributed by atoms with Crippen LogP contribution in [0.25, 0.3) is 0 Å². The Bertz CT molecular complexity index is 641. The SMILES string of the molecule is CSc1cc2c(cc1NC(=O)CCCNC(=O)C(C)(C)C)OCCO2. The molecule has 0 aliphatic carbocycles. The summed E-state index contributed by atoms with van der Waals surface area (Å²) in [7, 11) is 0. The molecule has 2 N–H and O–H groups in total. The van der Waals surface area contributed by atoms with E-state index in [9.17, 15) is 9.59 Å². The van der Waals surface area contributed by atoms with Crippen LogP contribution in [0.4, 0.5) is 5.69 Å². The van der Waals surface area contributed by atoms with E-state index in [2.05, 4.69) is 10.6 Å². The van der Waals surface area contributed by atoms with Crippen LogP contribution in [0.5, 0.6) is 11.5 Å². The zero-order chi connectivity index (χ0) is 18.4. The van der Waals surface area contributed by atoms with Gasteiger partial charge in [0.05, 0.1) is 5.69 Å². The van der Waals surface area contributed by atoms with E-state index in [1.165, 1.54) is 11.8 Å². The molecule has 2 rings (SSSR count). The van der Waals surface area contributed by atoms with Crippen molar-refractivity contribution in [2.45, 2.75) is 38.5 Å². The molecular formula is C18H26N2O4S. The molecular weight excluding hydrogens is 340 g/mol. The van der Waals surface area contributed by atoms with Crippen molar-refractivity contribution in [3.8, 4) is 11.5 Å². The summed E-state index contributed by atoms with van der Waals surface area (Å²) in [4.78, 5) is 24.9. The standard InChI is InChI=1S/C18H26N2O4S/c1-18(2,3)17(22)19-7-5-6-16(21)20-12-10-13-14(11-15(12)25-4)24-9-8-23-13/h10-11H,5-9H2,1-4H3,(H,19,22)(H,20,21). The molecule has 0 spiro atoms. The first-order chi connectivity index (χ1) is 11.8. The van der Waals surface area contributed by atoms with E-state index in [0.717, 1.165) is 10.6 Å². The van der Waals surface area contributed by atoms with Crippen molar-refractivity contribution in [2.75, 3.05) is 31.3 Å². The third kappa shape index (κ3) is 5.56. The second-order valence-electron chi connectivity index (χ2n) is 6.85. The minimum Gasteiger partial charge on any atom is -0.486 e. The third-order valence-corrected chi connectivity index (χ3v) is 4.46. The minimum absolute atomic E-state index is 0.00980. The van der Waals surface area contributed by atoms with Gasteiger partial charge in [0.15, 0.2) is 11.5 Å². The molecule has 0 fully saturated rings. The highest BCUT2D eigenvalue weighted by atomic mass is 32.2. The number of fused-ring (bicyclic) bond motifs is 1. The Balaban J connectivity index is 1.87. The predicted molar refractivity (Wildman–Crippen MR) is 99.5 cm³/mol. The molecule has 1 aliphatic rings. The van der Waals surface area contributed by atoms with Crippen molar-refractivity contribution < 1.29 is 19.1 Å². The van der Waals surface area contributed by atoms with Gasteiger partial charge in [0.2, 0.25) is 11.8 Å². The summed E-state index contributed by atoms with van der Waals surface area (Å²) >= 11 is 1.54. The molecule has 1 aromatic rings. The molecule has 0 bridgehead atoms. The molecule has 6 nitrogen and oxygen atoms in total. The first-order valence-corrected chi connectivity index (χ1v) is 9.59. The second-order valence-corrected chi connectivity index (χ2v) is 7.70. The fraction of sp³-hybridized carbons (Fsp3) is 0.556. The molecule has 0 saturated heterocycles. The number of ether oxygens (including phenoxy) is 2. The van der Waals surface area contributed by atoms with Crippen molar-refractivity contribution in [3.63, 3.8) is 0 Å². The summed E-state index contributed by atoms with van der Waals surface area (Å²) < 4.78 is 11.1. The molecule has 1 heterocycles. The van der Waals surface area contributed by atoms with E-state index in [1.807, 2.05) is 33.1 Å². The quantitative estimate of drug-likeness (QED) is 0.598. The predicted octanol–water partition coefficient (Wildman–Crippen LogP) is 3.06. The highest BCUT2D eigenvalue weighted by molar-refractivity contribution is 7.98. The number of anilines is 1. The van der Waals surface area contributed by atoms with Crippen LogP contribution in [0.1, 0.15) is 33.6 Å². The number of rotatable bonds is 6. The number of amides is 2. The van der Waals surface area contributed by atoms with Gasteiger partial charge in [-0.3, -0.25) is 9.59 Å². The van der Waals surface area contributed by atoms with Crippen LogP contribution in [0.2, 0.25) is 0 Å². The molecule has 1 aromatic carbocycles. The van der Waals surface area contributed by atoms with Gasteiger partial charge in [-0.05, 0) is 18.7 Å². The Labute approximate surface area is 153 Å². The van der Waals surface area contributed by atoms with Crippen LogP contribution < -0.4 is 20.1 Å². The van der Waals surface area contributed by atoms with Crippen molar-refractivity contribution >= 4 is 29.3 Å². The largest absolute Gasteiger partial charge is 0.486 e. The zero-order valence-electron chi connectivity index (χ0n) is 15.2. The first kappa shape index (κ1) is 19.4. The van der Waals surface area contributed by atoms with E-state index in [1.54, 1.807) is 6.07 Å². The Morgan fingerprint density at radius 3 is 2.40 bits per heavy atom. The smallest absolute Gasteiger partial charge is 0.225 e. The number of benzene rings is 1. The average molecular weight is 366 g/mol. The highest BCUT2D eigenvalue weighted by Gasteiger charge is 2.20. The van der Waals surface area contributed by atoms with Crippen molar-refractivity contribution in [3.05, 3.63) is 12.1 Å². The molecule has 0 atom stereocenters. The van der Waals surface area contributed by atoms with E-state index < -0.39 is 5.41 Å². The van der Waals surface area contributed by atoms with Crippen LogP contribution in [0, 0.1) is 5.41 Å². The van der Waals surface area contributed by atoms with Gasteiger partial charge in [-0.25, -0.2) is 0 Å². The van der Waals surface area contributed by atoms with Crippen LogP contribution in [-0.2, 0) is 9.59 Å². The minimum atomic E-state index is -0.416. The van der Waals surface area contributed by atoms with Crippen LogP contribution in [0.3, 0.4) is 0 Å². The Morgan fingerprint density at radius 2 is 1.80 bits per heavy atom. The zero-order valence-corrected chi connectivity index (χ0v) is 16.0. The maximum absolute atomic E-state index is 12.2. The Morgan fingerprint density at radius 1 is 1.16 bits per heavy atom. The molecule has 0 aromatic heterocycles. The monoisotopic (exact) mass is 366 g/mol. The Kier molecular flexibility index (Phi) is 6.58. The van der Waals surface area contributed by atoms with E-state index in [4.69, 9.17) is 9.47 Å². The Hall–Kier alpha value is -1.89. The lowest BCUT2D eigenvalue weighted by Crippen LogP contribution is -2.35. The molecule has 0 unspecified atom stereocenters. The maximum atomic E-state index is 12.2. The fourth-order valence-corrected chi connectivity index (χ4v) is 2.82. The fourth-order valence-electron chi connectivity index (χ4n) is 2.27. The summed E-state index contributed by atoms with van der Waals surface area (Å²) in [6, 6.07) is 3.69. The summed E-state index contributed by atoms with van der Waals surface area (Å²) in [6.07, 6.45) is 2.88. The van der Waals surface area contributed by atoms with Gasteiger partial charge in [-0.1, -0.05) is 20.8 Å². The maximum Gasteiger partial charge on any atom is 0.225 e. The number of carbonyl (C=O) groups excluding carboxylic acids is 2. The van der Waals surface area contributed by atoms with Crippen molar-refractivity contribution in [1.29, 1.82) is 0 Å². The lowest BCUT2D eigenvalue weighted by Gasteiger charge is -2.21. The van der Waals surface area contributed by atoms with Gasteiger partial charge in [0.25, 0.3) is 0 Å². The van der Waals surface area contributed by atoms with Crippen molar-refractivity contribution in [1.82, 2.24) is 5.32 Å². The highest BCUT2D eigenvalue weighted by Crippen LogP contribution is 2.39. The molecule has 7 heteroatoms. The summed E-state index contributed by atoms with van der Waals surface area (Å²) in [5, 5.41) is 5.77. The van der Waals surface area contributed by atoms with Gasteiger partial charge >= 0.3 is 0 Å². The number of hydrogen-bond donors (Lipinski definition) is 2. The van der Waals surface area contributed by atoms with Gasteiger partial charge < -0.3 is 20.1 Å². The normalized spacial score (nSPS) is 13.3. The second kappa shape index (κ2) is 8.47. The van der Waals surface area contributed by atoms with Crippen LogP contribution in [0.15, 0.2) is 17.0 Å². The summed E-state index contributed by atoms with van der Waals surface area (Å²) in [6.45, 7) is 7.11. The molecule has 2 amide bonds. The number of thioether (sulfide) groups is 1. The van der Waals surface area contributed by atoms with E-state index in [0.29, 0.717) is 44.1 Å². The molecule has 138 valence electrons. The van der Waals surface area contributed by atoms with Crippen LogP contribution >= 0.6 is 11.8 Å². The van der Waals surface area contributed by atoms with Gasteiger partial charge in [-0.2, -0.15) is 0 Å². The summed E-state index contributed by atoms with van der Waals surface area (Å²) in [5.74, 6) is 1.26. The molecule has 0 radical (unpaired) electrons. The third-order valence-electron chi connectivity index (χ3n) is 3.69. The molecule has 25 heavy (non-hydrogen) atoms. The topological polar surface area (TPSA) is 76.7 Å². The van der Waals surface area contributed by atoms with Gasteiger partial charge in [0.1, 0.15) is 13.2 Å². The summed E-state index contributed by atoms with van der Waals surface area (Å²) in [5.41, 5.74) is 0.307. The van der Waals surface area contributed by atoms with Crippen LogP contribution in [-0.4, -0.2) is 37.8 Å². The van der Waals surface area contributed by atoms with Gasteiger partial charge in [0, 0.05) is 29.3 Å². The number of nitrogens with one attached hydrogen (secondary N) is 2. The molecule has 1 aliphatic heterocycles. The van der Waals surface area contributed by atoms with E-state index >= 15 is 0 Å². The molecule has 0 saturated carbocycles. The lowest BCUT2D eigenvalue weighted by molar-refractivity contribution is -0.128. The lowest BCUT2D eigenvalue weighted by atomic mass is 9.96. The van der Waals surface area contributed by atoms with Gasteiger partial charge in [-0.15, -0.1) is 11.8 Å². The van der Waals surface area contributed by atoms with Crippen molar-refractivity contribution in [2.24, 2.45) is 5.41 Å². The number of hydrogen-bond acceptors (Lipinski definition) is 5.